The summed E-state index contributed by atoms with van der Waals surface area (Å²) in [5, 5.41) is 2.35. The van der Waals surface area contributed by atoms with E-state index in [-0.39, 0.29) is 0 Å². The molecule has 4 nitrogen and oxygen atoms in total. The van der Waals surface area contributed by atoms with Crippen molar-refractivity contribution in [1.29, 1.82) is 0 Å². The Labute approximate surface area is 209 Å². The van der Waals surface area contributed by atoms with Gasteiger partial charge < -0.3 is 4.57 Å². The van der Waals surface area contributed by atoms with Gasteiger partial charge in [-0.05, 0) is 19.1 Å². The highest BCUT2D eigenvalue weighted by Gasteiger charge is 2.21. The number of hydrogen-bond acceptors (Lipinski definition) is 3. The summed E-state index contributed by atoms with van der Waals surface area (Å²) in [7, 11) is 0. The quantitative estimate of drug-likeness (QED) is 0.242. The molecule has 0 aliphatic rings. The molecule has 0 aliphatic carbocycles. The highest BCUT2D eigenvalue weighted by Crippen LogP contribution is 2.38. The van der Waals surface area contributed by atoms with Crippen LogP contribution in [0, 0.1) is 0 Å². The van der Waals surface area contributed by atoms with Crippen LogP contribution in [0.2, 0.25) is 0 Å². The summed E-state index contributed by atoms with van der Waals surface area (Å²) in [6.07, 6.45) is 1.75. The zero-order valence-corrected chi connectivity index (χ0v) is 20.0. The van der Waals surface area contributed by atoms with E-state index in [0.29, 0.717) is 11.5 Å². The van der Waals surface area contributed by atoms with Crippen molar-refractivity contribution in [1.82, 2.24) is 14.5 Å². The Kier molecular flexibility index (Phi) is 5.47. The van der Waals surface area contributed by atoms with Crippen LogP contribution < -0.4 is 0 Å². The Bertz CT molecular complexity index is 1690. The van der Waals surface area contributed by atoms with E-state index in [0.717, 1.165) is 39.2 Å². The van der Waals surface area contributed by atoms with Crippen LogP contribution in [0.1, 0.15) is 12.6 Å². The molecule has 0 atom stereocenters. The number of nitrogens with zero attached hydrogens (tertiary/aromatic N) is 4. The molecule has 4 aromatic carbocycles. The number of hydrogen-bond donors (Lipinski definition) is 0. The van der Waals surface area contributed by atoms with Crippen molar-refractivity contribution in [2.45, 2.75) is 6.92 Å². The van der Waals surface area contributed by atoms with Crippen LogP contribution in [0.15, 0.2) is 121 Å². The summed E-state index contributed by atoms with van der Waals surface area (Å²) in [6, 6.07) is 37.1. The van der Waals surface area contributed by atoms with Crippen molar-refractivity contribution in [3.05, 3.63) is 121 Å². The molecule has 0 saturated heterocycles. The van der Waals surface area contributed by atoms with Gasteiger partial charge in [-0.15, -0.1) is 0 Å². The molecule has 0 fully saturated rings. The predicted octanol–water partition coefficient (Wildman–Crippen LogP) is 8.16. The summed E-state index contributed by atoms with van der Waals surface area (Å²) in [5.41, 5.74) is 7.11. The molecule has 0 spiro atoms. The fraction of sp³-hybridized carbons (Fsp3) is 0.0312. The van der Waals surface area contributed by atoms with Gasteiger partial charge in [0.2, 0.25) is 0 Å². The molecule has 6 aromatic rings. The van der Waals surface area contributed by atoms with Gasteiger partial charge in [-0.1, -0.05) is 104 Å². The molecule has 2 aromatic heterocycles. The lowest BCUT2D eigenvalue weighted by molar-refractivity contribution is 1.11. The first-order chi connectivity index (χ1) is 17.8. The summed E-state index contributed by atoms with van der Waals surface area (Å²) in [6.45, 7) is 6.43. The first-order valence-electron chi connectivity index (χ1n) is 12.0. The number of fused-ring (bicyclic) bond motifs is 3. The fourth-order valence-electron chi connectivity index (χ4n) is 4.75. The SMILES string of the molecule is C=C(c1nc(-c2ccccc2)c(-c2ccccc2)nc1N=CC)n1c2ccccc2c2ccccc21. The molecular formula is C32H24N4. The molecule has 2 heterocycles. The Morgan fingerprint density at radius 3 is 1.67 bits per heavy atom. The molecule has 0 bridgehead atoms. The van der Waals surface area contributed by atoms with E-state index in [1.807, 2.05) is 43.3 Å². The second-order valence-corrected chi connectivity index (χ2v) is 8.53. The zero-order chi connectivity index (χ0) is 24.5. The van der Waals surface area contributed by atoms with Crippen molar-refractivity contribution in [2.75, 3.05) is 0 Å². The maximum atomic E-state index is 5.21. The maximum absolute atomic E-state index is 5.21. The van der Waals surface area contributed by atoms with Crippen LogP contribution in [0.3, 0.4) is 0 Å². The van der Waals surface area contributed by atoms with Crippen LogP contribution >= 0.6 is 0 Å². The molecule has 0 aliphatic heterocycles. The third-order valence-corrected chi connectivity index (χ3v) is 6.35. The van der Waals surface area contributed by atoms with Gasteiger partial charge in [0.15, 0.2) is 5.82 Å². The van der Waals surface area contributed by atoms with Crippen LogP contribution in [-0.4, -0.2) is 20.7 Å². The van der Waals surface area contributed by atoms with Crippen LogP contribution in [0.25, 0.3) is 50.0 Å². The molecule has 172 valence electrons. The van der Waals surface area contributed by atoms with E-state index in [1.54, 1.807) is 6.21 Å². The molecule has 0 N–H and O–H groups in total. The third-order valence-electron chi connectivity index (χ3n) is 6.35. The number of rotatable bonds is 5. The topological polar surface area (TPSA) is 43.1 Å². The van der Waals surface area contributed by atoms with Gasteiger partial charge in [0.25, 0.3) is 0 Å². The molecule has 36 heavy (non-hydrogen) atoms. The maximum Gasteiger partial charge on any atom is 0.180 e. The van der Waals surface area contributed by atoms with Gasteiger partial charge in [-0.3, -0.25) is 0 Å². The minimum absolute atomic E-state index is 0.544. The Hall–Kier alpha value is -4.83. The van der Waals surface area contributed by atoms with Crippen LogP contribution in [0.5, 0.6) is 0 Å². The van der Waals surface area contributed by atoms with E-state index < -0.39 is 0 Å². The van der Waals surface area contributed by atoms with E-state index in [1.165, 1.54) is 10.8 Å². The average molecular weight is 465 g/mol. The van der Waals surface area contributed by atoms with E-state index >= 15 is 0 Å². The Morgan fingerprint density at radius 1 is 0.667 bits per heavy atom. The van der Waals surface area contributed by atoms with Crippen molar-refractivity contribution in [3.8, 4) is 22.5 Å². The largest absolute Gasteiger partial charge is 0.308 e. The van der Waals surface area contributed by atoms with Gasteiger partial charge in [-0.2, -0.15) is 0 Å². The smallest absolute Gasteiger partial charge is 0.180 e. The summed E-state index contributed by atoms with van der Waals surface area (Å²) >= 11 is 0. The molecule has 0 amide bonds. The lowest BCUT2D eigenvalue weighted by Crippen LogP contribution is -2.04. The first kappa shape index (κ1) is 21.7. The molecule has 6 rings (SSSR count). The van der Waals surface area contributed by atoms with Crippen molar-refractivity contribution in [2.24, 2.45) is 4.99 Å². The minimum Gasteiger partial charge on any atom is -0.308 e. The predicted molar refractivity (Wildman–Crippen MR) is 151 cm³/mol. The van der Waals surface area contributed by atoms with Crippen molar-refractivity contribution < 1.29 is 0 Å². The second kappa shape index (κ2) is 9.08. The molecular weight excluding hydrogens is 440 g/mol. The van der Waals surface area contributed by atoms with Gasteiger partial charge in [-0.25, -0.2) is 15.0 Å². The van der Waals surface area contributed by atoms with Crippen molar-refractivity contribution in [3.63, 3.8) is 0 Å². The number of para-hydroxylation sites is 2. The van der Waals surface area contributed by atoms with Crippen LogP contribution in [0.4, 0.5) is 5.82 Å². The zero-order valence-electron chi connectivity index (χ0n) is 20.0. The van der Waals surface area contributed by atoms with Crippen LogP contribution in [-0.2, 0) is 0 Å². The highest BCUT2D eigenvalue weighted by molar-refractivity contribution is 6.10. The van der Waals surface area contributed by atoms with E-state index in [4.69, 9.17) is 9.97 Å². The van der Waals surface area contributed by atoms with Crippen molar-refractivity contribution >= 4 is 39.5 Å². The number of aliphatic imine (C=N–C) groups is 1. The summed E-state index contributed by atoms with van der Waals surface area (Å²) in [4.78, 5) is 14.9. The Morgan fingerprint density at radius 2 is 1.14 bits per heavy atom. The number of aromatic nitrogens is 3. The first-order valence-corrected chi connectivity index (χ1v) is 12.0. The molecule has 4 heteroatoms. The second-order valence-electron chi connectivity index (χ2n) is 8.53. The average Bonchev–Trinajstić information content (AvgIpc) is 3.28. The Balaban J connectivity index is 1.65. The summed E-state index contributed by atoms with van der Waals surface area (Å²) in [5.74, 6) is 0.544. The molecule has 0 unspecified atom stereocenters. The highest BCUT2D eigenvalue weighted by atomic mass is 15.0. The van der Waals surface area contributed by atoms with Gasteiger partial charge in [0.1, 0.15) is 5.69 Å². The van der Waals surface area contributed by atoms with Gasteiger partial charge >= 0.3 is 0 Å². The number of benzene rings is 4. The molecule has 0 saturated carbocycles. The van der Waals surface area contributed by atoms with E-state index in [2.05, 4.69) is 88.9 Å². The monoisotopic (exact) mass is 464 g/mol. The van der Waals surface area contributed by atoms with Gasteiger partial charge in [0.05, 0.1) is 28.1 Å². The minimum atomic E-state index is 0.544. The standard InChI is InChI=1S/C32H24N4/c1-3-33-32-29(22(2)36-27-20-12-10-18-25(27)26-19-11-13-21-28(26)36)34-30(23-14-6-4-7-15-23)31(35-32)24-16-8-5-9-17-24/h3-21H,2H2,1H3. The normalized spacial score (nSPS) is 11.5. The lowest BCUT2D eigenvalue weighted by atomic mass is 10.0. The van der Waals surface area contributed by atoms with Gasteiger partial charge in [0, 0.05) is 28.1 Å². The van der Waals surface area contributed by atoms with E-state index in [9.17, 15) is 0 Å². The third kappa shape index (κ3) is 3.60. The summed E-state index contributed by atoms with van der Waals surface area (Å²) < 4.78 is 2.17. The fourth-order valence-corrected chi connectivity index (χ4v) is 4.75. The lowest BCUT2D eigenvalue weighted by Gasteiger charge is -2.16. The molecule has 0 radical (unpaired) electrons.